The van der Waals surface area contributed by atoms with Crippen molar-refractivity contribution in [1.82, 2.24) is 10.2 Å². The molecule has 6 heteroatoms. The van der Waals surface area contributed by atoms with E-state index in [-0.39, 0.29) is 29.4 Å². The number of hydrogen-bond acceptors (Lipinski definition) is 4. The van der Waals surface area contributed by atoms with Crippen LogP contribution in [0.1, 0.15) is 63.7 Å². The molecule has 6 nitrogen and oxygen atoms in total. The molecule has 2 atom stereocenters. The predicted molar refractivity (Wildman–Crippen MR) is 92.6 cm³/mol. The molecule has 1 heterocycles. The van der Waals surface area contributed by atoms with Crippen LogP contribution in [-0.4, -0.2) is 48.9 Å². The van der Waals surface area contributed by atoms with Gasteiger partial charge in [-0.1, -0.05) is 19.8 Å². The van der Waals surface area contributed by atoms with Gasteiger partial charge in [0.25, 0.3) is 17.7 Å². The van der Waals surface area contributed by atoms with Gasteiger partial charge in [-0.2, -0.15) is 0 Å². The molecular formula is C19H24N2O4. The molecule has 0 radical (unpaired) electrons. The first-order chi connectivity index (χ1) is 12.0. The van der Waals surface area contributed by atoms with Gasteiger partial charge in [-0.25, -0.2) is 0 Å². The van der Waals surface area contributed by atoms with Gasteiger partial charge in [-0.05, 0) is 37.0 Å². The molecule has 3 amide bonds. The molecule has 1 aliphatic heterocycles. The van der Waals surface area contributed by atoms with Crippen LogP contribution in [0.25, 0.3) is 0 Å². The Balaban J connectivity index is 1.52. The third-order valence-electron chi connectivity index (χ3n) is 5.10. The zero-order valence-corrected chi connectivity index (χ0v) is 14.7. The maximum absolute atomic E-state index is 12.3. The maximum atomic E-state index is 12.3. The number of carbonyl (C=O) groups is 3. The monoisotopic (exact) mass is 344 g/mol. The van der Waals surface area contributed by atoms with Gasteiger partial charge in [0.2, 0.25) is 0 Å². The molecule has 0 saturated heterocycles. The zero-order valence-electron chi connectivity index (χ0n) is 14.7. The van der Waals surface area contributed by atoms with Crippen LogP contribution in [0.15, 0.2) is 18.2 Å². The lowest BCUT2D eigenvalue weighted by atomic mass is 9.88. The Kier molecular flexibility index (Phi) is 5.18. The number of fused-ring (bicyclic) bond motifs is 1. The van der Waals surface area contributed by atoms with Crippen LogP contribution in [0.4, 0.5) is 0 Å². The summed E-state index contributed by atoms with van der Waals surface area (Å²) in [5.41, 5.74) is 1.01. The highest BCUT2D eigenvalue weighted by atomic mass is 16.5. The van der Waals surface area contributed by atoms with Crippen molar-refractivity contribution in [3.63, 3.8) is 0 Å². The molecule has 0 aromatic heterocycles. The molecule has 1 aromatic rings. The number of nitrogens with one attached hydrogen (secondary N) is 1. The van der Waals surface area contributed by atoms with Gasteiger partial charge in [0, 0.05) is 19.2 Å². The van der Waals surface area contributed by atoms with E-state index in [0.29, 0.717) is 30.2 Å². The summed E-state index contributed by atoms with van der Waals surface area (Å²) in [5, 5.41) is 2.81. The van der Waals surface area contributed by atoms with Gasteiger partial charge in [0.15, 0.2) is 0 Å². The Hall–Kier alpha value is -2.21. The van der Waals surface area contributed by atoms with Gasteiger partial charge in [0.1, 0.15) is 0 Å². The van der Waals surface area contributed by atoms with E-state index >= 15 is 0 Å². The molecule has 0 unspecified atom stereocenters. The van der Waals surface area contributed by atoms with Crippen molar-refractivity contribution in [1.29, 1.82) is 0 Å². The van der Waals surface area contributed by atoms with Crippen LogP contribution in [0.5, 0.6) is 0 Å². The zero-order chi connectivity index (χ0) is 18.0. The van der Waals surface area contributed by atoms with Gasteiger partial charge in [-0.15, -0.1) is 0 Å². The summed E-state index contributed by atoms with van der Waals surface area (Å²) in [6.45, 7) is 3.11. The van der Waals surface area contributed by atoms with E-state index in [1.807, 2.05) is 0 Å². The number of hydrogen-bond donors (Lipinski definition) is 1. The van der Waals surface area contributed by atoms with Gasteiger partial charge in [0.05, 0.1) is 23.8 Å². The largest absolute Gasteiger partial charge is 0.376 e. The van der Waals surface area contributed by atoms with Crippen molar-refractivity contribution in [3.05, 3.63) is 34.9 Å². The van der Waals surface area contributed by atoms with E-state index < -0.39 is 0 Å². The first-order valence-electron chi connectivity index (χ1n) is 8.85. The van der Waals surface area contributed by atoms with Crippen molar-refractivity contribution < 1.29 is 19.1 Å². The smallest absolute Gasteiger partial charge is 0.261 e. The van der Waals surface area contributed by atoms with Gasteiger partial charge in [-0.3, -0.25) is 19.3 Å². The first-order valence-corrected chi connectivity index (χ1v) is 8.85. The minimum absolute atomic E-state index is 0.266. The Morgan fingerprint density at radius 3 is 2.68 bits per heavy atom. The first kappa shape index (κ1) is 17.6. The summed E-state index contributed by atoms with van der Waals surface area (Å²) in [7, 11) is 1.44. The van der Waals surface area contributed by atoms with Crippen LogP contribution >= 0.6 is 0 Å². The Bertz CT molecular complexity index is 701. The summed E-state index contributed by atoms with van der Waals surface area (Å²) in [4.78, 5) is 37.2. The number of benzene rings is 1. The summed E-state index contributed by atoms with van der Waals surface area (Å²) in [5.74, 6) is -0.397. The van der Waals surface area contributed by atoms with Crippen LogP contribution < -0.4 is 5.32 Å². The van der Waals surface area contributed by atoms with E-state index in [1.165, 1.54) is 38.4 Å². The van der Waals surface area contributed by atoms with E-state index in [4.69, 9.17) is 4.74 Å². The van der Waals surface area contributed by atoms with Crippen LogP contribution in [0, 0.1) is 5.92 Å². The van der Waals surface area contributed by atoms with Gasteiger partial charge < -0.3 is 10.1 Å². The highest BCUT2D eigenvalue weighted by Crippen LogP contribution is 2.26. The second-order valence-electron chi connectivity index (χ2n) is 6.86. The van der Waals surface area contributed by atoms with Crippen molar-refractivity contribution >= 4 is 17.7 Å². The highest BCUT2D eigenvalue weighted by Gasteiger charge is 2.33. The van der Waals surface area contributed by atoms with Crippen LogP contribution in [0.3, 0.4) is 0 Å². The lowest BCUT2D eigenvalue weighted by Gasteiger charge is -2.28. The van der Waals surface area contributed by atoms with E-state index in [0.717, 1.165) is 11.3 Å². The van der Waals surface area contributed by atoms with Crippen LogP contribution in [0.2, 0.25) is 0 Å². The molecule has 1 aliphatic carbocycles. The molecule has 0 bridgehead atoms. The number of imide groups is 1. The average molecular weight is 344 g/mol. The number of ether oxygens (including phenoxy) is 1. The predicted octanol–water partition coefficient (Wildman–Crippen LogP) is 2.24. The lowest BCUT2D eigenvalue weighted by Crippen LogP contribution is -2.31. The Morgan fingerprint density at radius 2 is 1.92 bits per heavy atom. The SMILES string of the molecule is C[C@@H]1CCCC[C@@H]1OCCNC(=O)c1ccc2c(c1)C(=O)N(C)C2=O. The Labute approximate surface area is 147 Å². The highest BCUT2D eigenvalue weighted by molar-refractivity contribution is 6.21. The standard InChI is InChI=1S/C19H24N2O4/c1-12-5-3-4-6-16(12)25-10-9-20-17(22)13-7-8-14-15(11-13)19(24)21(2)18(14)23/h7-8,11-12,16H,3-6,9-10H2,1-2H3,(H,20,22)/t12-,16+/m1/s1. The van der Waals surface area contributed by atoms with Crippen LogP contribution in [-0.2, 0) is 4.74 Å². The fourth-order valence-electron chi connectivity index (χ4n) is 3.51. The van der Waals surface area contributed by atoms with E-state index in [2.05, 4.69) is 12.2 Å². The molecule has 1 N–H and O–H groups in total. The minimum Gasteiger partial charge on any atom is -0.376 e. The summed E-state index contributed by atoms with van der Waals surface area (Å²) < 4.78 is 5.88. The number of carbonyl (C=O) groups excluding carboxylic acids is 3. The molecule has 3 rings (SSSR count). The van der Waals surface area contributed by atoms with E-state index in [9.17, 15) is 14.4 Å². The van der Waals surface area contributed by atoms with Gasteiger partial charge >= 0.3 is 0 Å². The van der Waals surface area contributed by atoms with Crippen molar-refractivity contribution in [3.8, 4) is 0 Å². The lowest BCUT2D eigenvalue weighted by molar-refractivity contribution is -0.00293. The van der Waals surface area contributed by atoms with Crippen molar-refractivity contribution in [2.24, 2.45) is 5.92 Å². The molecule has 1 aromatic carbocycles. The second-order valence-corrected chi connectivity index (χ2v) is 6.86. The molecule has 1 saturated carbocycles. The summed E-state index contributed by atoms with van der Waals surface area (Å²) in [6.07, 6.45) is 5.05. The summed E-state index contributed by atoms with van der Waals surface area (Å²) in [6, 6.07) is 4.59. The molecule has 1 fully saturated rings. The Morgan fingerprint density at radius 1 is 1.20 bits per heavy atom. The minimum atomic E-state index is -0.371. The van der Waals surface area contributed by atoms with Crippen molar-refractivity contribution in [2.75, 3.05) is 20.2 Å². The molecule has 0 spiro atoms. The van der Waals surface area contributed by atoms with Crippen molar-refractivity contribution in [2.45, 2.75) is 38.7 Å². The molecule has 134 valence electrons. The number of nitrogens with zero attached hydrogens (tertiary/aromatic N) is 1. The molecule has 2 aliphatic rings. The quantitative estimate of drug-likeness (QED) is 0.656. The van der Waals surface area contributed by atoms with E-state index in [1.54, 1.807) is 6.07 Å². The normalized spacial score (nSPS) is 22.9. The fourth-order valence-corrected chi connectivity index (χ4v) is 3.51. The third kappa shape index (κ3) is 3.58. The average Bonchev–Trinajstić information content (AvgIpc) is 2.84. The number of amides is 3. The third-order valence-corrected chi connectivity index (χ3v) is 5.10. The molecule has 25 heavy (non-hydrogen) atoms. The summed E-state index contributed by atoms with van der Waals surface area (Å²) >= 11 is 0. The second kappa shape index (κ2) is 7.35. The number of rotatable bonds is 5. The topological polar surface area (TPSA) is 75.7 Å². The maximum Gasteiger partial charge on any atom is 0.261 e. The fraction of sp³-hybridized carbons (Fsp3) is 0.526. The molecular weight excluding hydrogens is 320 g/mol.